The van der Waals surface area contributed by atoms with Gasteiger partial charge in [-0.3, -0.25) is 0 Å². The Morgan fingerprint density at radius 3 is 1.45 bits per heavy atom. The van der Waals surface area contributed by atoms with E-state index in [1.54, 1.807) is 0 Å². The molecule has 2 heterocycles. The maximum Gasteiger partial charge on any atom is 0.184 e. The van der Waals surface area contributed by atoms with Gasteiger partial charge in [0.05, 0.1) is 13.2 Å². The predicted molar refractivity (Wildman–Crippen MR) is 197 cm³/mol. The maximum absolute atomic E-state index is 10.4. The fourth-order valence-corrected chi connectivity index (χ4v) is 6.59. The molecule has 7 heteroatoms. The Hall–Kier alpha value is -1.84. The van der Waals surface area contributed by atoms with E-state index in [1.165, 1.54) is 107 Å². The minimum atomic E-state index is -1.08. The van der Waals surface area contributed by atoms with Crippen molar-refractivity contribution >= 4 is 0 Å². The van der Waals surface area contributed by atoms with Crippen LogP contribution in [0, 0.1) is 0 Å². The second-order valence-electron chi connectivity index (χ2n) is 13.8. The number of aryl methyl sites for hydroxylation is 2. The van der Waals surface area contributed by atoms with E-state index in [4.69, 9.17) is 24.1 Å². The summed E-state index contributed by atoms with van der Waals surface area (Å²) in [5.74, 6) is 0. The molecule has 0 aromatic heterocycles. The monoisotopic (exact) mass is 684 g/mol. The van der Waals surface area contributed by atoms with Gasteiger partial charge in [0, 0.05) is 17.7 Å². The number of ether oxygens (including phenoxy) is 4. The number of hydrogen-bond acceptors (Lipinski definition) is 7. The van der Waals surface area contributed by atoms with E-state index in [1.807, 2.05) is 36.4 Å². The highest BCUT2D eigenvalue weighted by Gasteiger charge is 2.48. The van der Waals surface area contributed by atoms with Crippen molar-refractivity contribution in [2.45, 2.75) is 173 Å². The minimum Gasteiger partial charge on any atom is -0.396 e. The zero-order chi connectivity index (χ0) is 35.1. The Morgan fingerprint density at radius 2 is 1.02 bits per heavy atom. The number of aliphatic hydroxyl groups excluding tert-OH is 3. The van der Waals surface area contributed by atoms with Gasteiger partial charge in [0.25, 0.3) is 0 Å². The lowest BCUT2D eigenvalue weighted by atomic mass is 9.99. The van der Waals surface area contributed by atoms with E-state index < -0.39 is 43.6 Å². The number of aliphatic hydroxyl groups is 3. The first-order chi connectivity index (χ1) is 24.0. The summed E-state index contributed by atoms with van der Waals surface area (Å²) in [6, 6.07) is 16.1. The molecular weight excluding hydrogens is 616 g/mol. The molecule has 4 rings (SSSR count). The molecule has 0 bridgehead atoms. The van der Waals surface area contributed by atoms with E-state index >= 15 is 0 Å². The molecule has 0 radical (unpaired) electrons. The summed E-state index contributed by atoms with van der Waals surface area (Å²) in [7, 11) is 0. The van der Waals surface area contributed by atoms with E-state index in [-0.39, 0.29) is 0 Å². The zero-order valence-corrected chi connectivity index (χ0v) is 30.9. The molecule has 0 saturated carbocycles. The van der Waals surface area contributed by atoms with Gasteiger partial charge in [-0.1, -0.05) is 166 Å². The zero-order valence-electron chi connectivity index (χ0n) is 30.9. The van der Waals surface area contributed by atoms with Gasteiger partial charge in [0.1, 0.15) is 24.4 Å². The van der Waals surface area contributed by atoms with Crippen LogP contribution in [0.1, 0.15) is 158 Å². The average Bonchev–Trinajstić information content (AvgIpc) is 3.15. The van der Waals surface area contributed by atoms with E-state index in [0.29, 0.717) is 13.2 Å². The molecule has 6 atom stereocenters. The second-order valence-corrected chi connectivity index (χ2v) is 13.8. The molecule has 49 heavy (non-hydrogen) atoms. The van der Waals surface area contributed by atoms with Gasteiger partial charge in [-0.15, -0.1) is 0 Å². The van der Waals surface area contributed by atoms with Gasteiger partial charge >= 0.3 is 0 Å². The smallest absolute Gasteiger partial charge is 0.184 e. The molecule has 278 valence electrons. The summed E-state index contributed by atoms with van der Waals surface area (Å²) >= 11 is 0. The SMILES string of the molecule is CCCCCCCCCCCCCCCCCCO.CCc1ccc(C2OC[C@@H]3OC(c4ccc(CC)cc4)O[C@H]([C@H](O)CO)[C@@H]3O2)cc1. The van der Waals surface area contributed by atoms with Gasteiger partial charge in [0.2, 0.25) is 0 Å². The first-order valence-electron chi connectivity index (χ1n) is 19.7. The van der Waals surface area contributed by atoms with Crippen LogP contribution in [0.5, 0.6) is 0 Å². The van der Waals surface area contributed by atoms with Crippen LogP contribution in [-0.2, 0) is 31.8 Å². The lowest BCUT2D eigenvalue weighted by Crippen LogP contribution is -2.58. The first kappa shape index (κ1) is 41.6. The third-order valence-electron chi connectivity index (χ3n) is 9.86. The quantitative estimate of drug-likeness (QED) is 0.106. The van der Waals surface area contributed by atoms with Crippen LogP contribution in [0.3, 0.4) is 0 Å². The summed E-state index contributed by atoms with van der Waals surface area (Å²) < 4.78 is 24.3. The Morgan fingerprint density at radius 1 is 0.571 bits per heavy atom. The molecule has 2 aromatic carbocycles. The fourth-order valence-electron chi connectivity index (χ4n) is 6.59. The van der Waals surface area contributed by atoms with Crippen molar-refractivity contribution in [3.05, 3.63) is 70.8 Å². The topological polar surface area (TPSA) is 97.6 Å². The van der Waals surface area contributed by atoms with Gasteiger partial charge in [0.15, 0.2) is 12.6 Å². The van der Waals surface area contributed by atoms with Gasteiger partial charge < -0.3 is 34.3 Å². The molecule has 0 aliphatic carbocycles. The van der Waals surface area contributed by atoms with Crippen LogP contribution < -0.4 is 0 Å². The maximum atomic E-state index is 10.4. The fraction of sp³-hybridized carbons (Fsp3) is 0.714. The normalized spacial score (nSPS) is 22.6. The van der Waals surface area contributed by atoms with Gasteiger partial charge in [-0.2, -0.15) is 0 Å². The summed E-state index contributed by atoms with van der Waals surface area (Å²) in [5.41, 5.74) is 4.22. The highest BCUT2D eigenvalue weighted by atomic mass is 16.8. The molecule has 2 unspecified atom stereocenters. The number of unbranched alkanes of at least 4 members (excludes halogenated alkanes) is 15. The largest absolute Gasteiger partial charge is 0.396 e. The highest BCUT2D eigenvalue weighted by molar-refractivity contribution is 5.25. The van der Waals surface area contributed by atoms with Crippen molar-refractivity contribution in [2.75, 3.05) is 19.8 Å². The van der Waals surface area contributed by atoms with Crippen molar-refractivity contribution in [2.24, 2.45) is 0 Å². The lowest BCUT2D eigenvalue weighted by molar-refractivity contribution is -0.373. The number of rotatable bonds is 22. The third kappa shape index (κ3) is 15.1. The molecule has 2 saturated heterocycles. The van der Waals surface area contributed by atoms with Crippen LogP contribution >= 0.6 is 0 Å². The summed E-state index contributed by atoms with van der Waals surface area (Å²) in [4.78, 5) is 0. The van der Waals surface area contributed by atoms with Crippen molar-refractivity contribution < 1.29 is 34.3 Å². The molecule has 0 amide bonds. The molecule has 0 spiro atoms. The molecule has 2 aromatic rings. The Kier molecular flexibility index (Phi) is 21.4. The summed E-state index contributed by atoms with van der Waals surface area (Å²) in [5, 5.41) is 28.7. The number of hydrogen-bond donors (Lipinski definition) is 3. The Balaban J connectivity index is 0.000000298. The van der Waals surface area contributed by atoms with Gasteiger partial charge in [-0.25, -0.2) is 0 Å². The first-order valence-corrected chi connectivity index (χ1v) is 19.7. The highest BCUT2D eigenvalue weighted by Crippen LogP contribution is 2.39. The Bertz CT molecular complexity index is 1060. The molecule has 7 nitrogen and oxygen atoms in total. The van der Waals surface area contributed by atoms with Crippen molar-refractivity contribution in [1.82, 2.24) is 0 Å². The van der Waals surface area contributed by atoms with Crippen LogP contribution in [-0.4, -0.2) is 59.6 Å². The van der Waals surface area contributed by atoms with Crippen LogP contribution in [0.4, 0.5) is 0 Å². The molecule has 2 aliphatic heterocycles. The number of benzene rings is 2. The van der Waals surface area contributed by atoms with Gasteiger partial charge in [-0.05, 0) is 30.4 Å². The summed E-state index contributed by atoms with van der Waals surface area (Å²) in [6.07, 6.45) is 20.1. The van der Waals surface area contributed by atoms with Crippen molar-refractivity contribution in [3.63, 3.8) is 0 Å². The standard InChI is InChI=1S/C24H30O6.C18H38O/c1-3-15-5-9-17(10-6-15)23-27-14-20-22(30-23)21(19(26)13-25)29-24(28-20)18-11-7-16(4-2)8-12-18;1-2-3-4-5-6-7-8-9-10-11-12-13-14-15-16-17-18-19/h5-12,19-26H,3-4,13-14H2,1-2H3;19H,2-18H2,1H3/t19-,20+,21-,22-,23?,24?;/m1./s1. The van der Waals surface area contributed by atoms with Crippen LogP contribution in [0.2, 0.25) is 0 Å². The lowest BCUT2D eigenvalue weighted by Gasteiger charge is -2.47. The van der Waals surface area contributed by atoms with Crippen LogP contribution in [0.25, 0.3) is 0 Å². The Labute approximate surface area is 297 Å². The molecule has 3 N–H and O–H groups in total. The molecule has 2 aliphatic rings. The van der Waals surface area contributed by atoms with Crippen molar-refractivity contribution in [1.29, 1.82) is 0 Å². The predicted octanol–water partition coefficient (Wildman–Crippen LogP) is 9.30. The van der Waals surface area contributed by atoms with E-state index in [0.717, 1.165) is 30.4 Å². The summed E-state index contributed by atoms with van der Waals surface area (Å²) in [6.45, 7) is 6.76. The third-order valence-corrected chi connectivity index (χ3v) is 9.86. The van der Waals surface area contributed by atoms with E-state index in [2.05, 4.69) is 32.9 Å². The molecular formula is C42H68O7. The van der Waals surface area contributed by atoms with Crippen molar-refractivity contribution in [3.8, 4) is 0 Å². The molecule has 2 fully saturated rings. The van der Waals surface area contributed by atoms with E-state index in [9.17, 15) is 10.2 Å². The average molecular weight is 685 g/mol. The second kappa shape index (κ2) is 25.2. The van der Waals surface area contributed by atoms with Crippen LogP contribution in [0.15, 0.2) is 48.5 Å². The number of fused-ring (bicyclic) bond motifs is 1. The minimum absolute atomic E-state index is 0.312.